The van der Waals surface area contributed by atoms with Crippen LogP contribution in [0, 0.1) is 0 Å². The Morgan fingerprint density at radius 2 is 1.94 bits per heavy atom. The molecule has 2 N–H and O–H groups in total. The summed E-state index contributed by atoms with van der Waals surface area (Å²) in [6.07, 6.45) is -4.52. The molecule has 16 heavy (non-hydrogen) atoms. The Balaban J connectivity index is 3.44. The highest BCUT2D eigenvalue weighted by Crippen LogP contribution is 2.36. The molecular weight excluding hydrogens is 223 g/mol. The maximum Gasteiger partial charge on any atom is 0.416 e. The van der Waals surface area contributed by atoms with Crippen LogP contribution in [-0.2, 0) is 6.18 Å². The number of anilines is 1. The molecule has 0 aliphatic carbocycles. The van der Waals surface area contributed by atoms with E-state index in [-0.39, 0.29) is 17.0 Å². The van der Waals surface area contributed by atoms with Crippen molar-refractivity contribution in [3.05, 3.63) is 23.3 Å². The number of nitrogens with two attached hydrogens (primary N) is 1. The van der Waals surface area contributed by atoms with Gasteiger partial charge in [0.1, 0.15) is 5.75 Å². The Morgan fingerprint density at radius 3 is 2.31 bits per heavy atom. The number of hydrogen-bond acceptors (Lipinski definition) is 3. The lowest BCUT2D eigenvalue weighted by atomic mass is 10.0. The van der Waals surface area contributed by atoms with Gasteiger partial charge in [0.25, 0.3) is 0 Å². The molecule has 0 amide bonds. The normalized spacial score (nSPS) is 11.3. The second kappa shape index (κ2) is 4.03. The average molecular weight is 233 g/mol. The van der Waals surface area contributed by atoms with E-state index in [1.807, 2.05) is 0 Å². The Hall–Kier alpha value is -1.72. The average Bonchev–Trinajstić information content (AvgIpc) is 2.14. The van der Waals surface area contributed by atoms with Gasteiger partial charge in [0.15, 0.2) is 5.78 Å². The molecule has 0 saturated heterocycles. The molecule has 0 bridgehead atoms. The minimum Gasteiger partial charge on any atom is -0.496 e. The first-order valence-electron chi connectivity index (χ1n) is 4.33. The maximum atomic E-state index is 12.4. The summed E-state index contributed by atoms with van der Waals surface area (Å²) >= 11 is 0. The van der Waals surface area contributed by atoms with Crippen LogP contribution in [0.3, 0.4) is 0 Å². The molecule has 1 aromatic carbocycles. The second-order valence-corrected chi connectivity index (χ2v) is 3.20. The van der Waals surface area contributed by atoms with Crippen LogP contribution in [-0.4, -0.2) is 12.9 Å². The van der Waals surface area contributed by atoms with Gasteiger partial charge in [0, 0.05) is 5.69 Å². The first kappa shape index (κ1) is 12.4. The summed E-state index contributed by atoms with van der Waals surface area (Å²) in [6.45, 7) is 1.21. The summed E-state index contributed by atoms with van der Waals surface area (Å²) < 4.78 is 42.0. The zero-order valence-electron chi connectivity index (χ0n) is 8.68. The lowest BCUT2D eigenvalue weighted by Crippen LogP contribution is -2.10. The number of benzene rings is 1. The van der Waals surface area contributed by atoms with Gasteiger partial charge in [-0.3, -0.25) is 4.79 Å². The third-order valence-electron chi connectivity index (χ3n) is 2.03. The molecule has 0 aliphatic rings. The van der Waals surface area contributed by atoms with Crippen LogP contribution in [0.15, 0.2) is 12.1 Å². The van der Waals surface area contributed by atoms with Crippen LogP contribution < -0.4 is 10.5 Å². The van der Waals surface area contributed by atoms with E-state index in [4.69, 9.17) is 10.5 Å². The number of methoxy groups -OCH3 is 1. The van der Waals surface area contributed by atoms with Gasteiger partial charge < -0.3 is 10.5 Å². The number of alkyl halides is 3. The Labute approximate surface area is 90.0 Å². The van der Waals surface area contributed by atoms with E-state index in [1.54, 1.807) is 0 Å². The number of carbonyl (C=O) groups excluding carboxylic acids is 1. The predicted octanol–water partition coefficient (Wildman–Crippen LogP) is 2.50. The van der Waals surface area contributed by atoms with E-state index >= 15 is 0 Å². The van der Waals surface area contributed by atoms with Crippen LogP contribution in [0.25, 0.3) is 0 Å². The van der Waals surface area contributed by atoms with Gasteiger partial charge in [-0.25, -0.2) is 0 Å². The van der Waals surface area contributed by atoms with Gasteiger partial charge in [-0.15, -0.1) is 0 Å². The highest BCUT2D eigenvalue weighted by Gasteiger charge is 2.32. The van der Waals surface area contributed by atoms with Crippen LogP contribution in [0.1, 0.15) is 22.8 Å². The Morgan fingerprint density at radius 1 is 1.38 bits per heavy atom. The van der Waals surface area contributed by atoms with E-state index in [9.17, 15) is 18.0 Å². The van der Waals surface area contributed by atoms with Crippen LogP contribution in [0.4, 0.5) is 18.9 Å². The summed E-state index contributed by atoms with van der Waals surface area (Å²) in [6, 6.07) is 1.48. The summed E-state index contributed by atoms with van der Waals surface area (Å²) in [5.41, 5.74) is 4.19. The van der Waals surface area contributed by atoms with E-state index in [0.717, 1.165) is 12.1 Å². The number of carbonyl (C=O) groups is 1. The molecule has 0 aromatic heterocycles. The molecule has 3 nitrogen and oxygen atoms in total. The van der Waals surface area contributed by atoms with Crippen molar-refractivity contribution < 1.29 is 22.7 Å². The van der Waals surface area contributed by atoms with Gasteiger partial charge in [0.05, 0.1) is 18.2 Å². The number of halogens is 3. The molecule has 6 heteroatoms. The first-order chi connectivity index (χ1) is 7.27. The number of ether oxygens (including phenoxy) is 1. The molecule has 88 valence electrons. The molecule has 0 aliphatic heterocycles. The zero-order chi connectivity index (χ0) is 12.5. The highest BCUT2D eigenvalue weighted by molar-refractivity contribution is 6.02. The Bertz CT molecular complexity index is 427. The molecule has 0 heterocycles. The fourth-order valence-electron chi connectivity index (χ4n) is 1.34. The summed E-state index contributed by atoms with van der Waals surface area (Å²) in [5, 5.41) is 0. The van der Waals surface area contributed by atoms with Crippen molar-refractivity contribution in [3.63, 3.8) is 0 Å². The maximum absolute atomic E-state index is 12.4. The van der Waals surface area contributed by atoms with Gasteiger partial charge >= 0.3 is 6.18 Å². The van der Waals surface area contributed by atoms with Crippen LogP contribution in [0.2, 0.25) is 0 Å². The fourth-order valence-corrected chi connectivity index (χ4v) is 1.34. The van der Waals surface area contributed by atoms with Crippen molar-refractivity contribution in [1.29, 1.82) is 0 Å². The largest absolute Gasteiger partial charge is 0.496 e. The quantitative estimate of drug-likeness (QED) is 0.630. The van der Waals surface area contributed by atoms with E-state index in [2.05, 4.69) is 0 Å². The minimum absolute atomic E-state index is 0.0319. The number of hydrogen-bond donors (Lipinski definition) is 1. The highest BCUT2D eigenvalue weighted by atomic mass is 19.4. The molecule has 0 radical (unpaired) electrons. The number of Topliss-reactive ketones (excluding diaryl/α,β-unsaturated/α-hetero) is 1. The minimum atomic E-state index is -4.52. The lowest BCUT2D eigenvalue weighted by Gasteiger charge is -2.13. The van der Waals surface area contributed by atoms with Crippen molar-refractivity contribution in [1.82, 2.24) is 0 Å². The zero-order valence-corrected chi connectivity index (χ0v) is 8.68. The van der Waals surface area contributed by atoms with Crippen molar-refractivity contribution in [2.75, 3.05) is 12.8 Å². The molecule has 0 fully saturated rings. The van der Waals surface area contributed by atoms with Crippen molar-refractivity contribution in [3.8, 4) is 5.75 Å². The van der Waals surface area contributed by atoms with E-state index in [0.29, 0.717) is 0 Å². The number of ketones is 1. The van der Waals surface area contributed by atoms with Crippen LogP contribution in [0.5, 0.6) is 5.75 Å². The third kappa shape index (κ3) is 2.26. The lowest BCUT2D eigenvalue weighted by molar-refractivity contribution is -0.137. The summed E-state index contributed by atoms with van der Waals surface area (Å²) in [4.78, 5) is 11.2. The van der Waals surface area contributed by atoms with Crippen molar-refractivity contribution in [2.24, 2.45) is 0 Å². The van der Waals surface area contributed by atoms with Gasteiger partial charge in [-0.05, 0) is 19.1 Å². The number of nitrogen functional groups attached to an aromatic ring is 1. The standard InChI is InChI=1S/C10H10F3NO2/c1-5(15)9-7(14)3-6(10(11,12)13)4-8(9)16-2/h3-4H,14H2,1-2H3. The number of rotatable bonds is 2. The summed E-state index contributed by atoms with van der Waals surface area (Å²) in [5.74, 6) is -0.608. The molecule has 1 rings (SSSR count). The monoisotopic (exact) mass is 233 g/mol. The summed E-state index contributed by atoms with van der Waals surface area (Å²) in [7, 11) is 1.18. The molecule has 0 unspecified atom stereocenters. The molecule has 0 atom stereocenters. The van der Waals surface area contributed by atoms with Gasteiger partial charge in [-0.1, -0.05) is 0 Å². The predicted molar refractivity (Wildman–Crippen MR) is 52.4 cm³/mol. The topological polar surface area (TPSA) is 52.3 Å². The van der Waals surface area contributed by atoms with E-state index in [1.165, 1.54) is 14.0 Å². The SMILES string of the molecule is COc1cc(C(F)(F)F)cc(N)c1C(C)=O. The molecule has 0 saturated carbocycles. The third-order valence-corrected chi connectivity index (χ3v) is 2.03. The fraction of sp³-hybridized carbons (Fsp3) is 0.300. The van der Waals surface area contributed by atoms with E-state index < -0.39 is 17.5 Å². The molecular formula is C10H10F3NO2. The Kier molecular flexibility index (Phi) is 3.11. The van der Waals surface area contributed by atoms with Crippen LogP contribution >= 0.6 is 0 Å². The molecule has 1 aromatic rings. The second-order valence-electron chi connectivity index (χ2n) is 3.20. The first-order valence-corrected chi connectivity index (χ1v) is 4.33. The van der Waals surface area contributed by atoms with Gasteiger partial charge in [0.2, 0.25) is 0 Å². The smallest absolute Gasteiger partial charge is 0.416 e. The molecule has 0 spiro atoms. The van der Waals surface area contributed by atoms with Crippen molar-refractivity contribution in [2.45, 2.75) is 13.1 Å². The van der Waals surface area contributed by atoms with Gasteiger partial charge in [-0.2, -0.15) is 13.2 Å². The van der Waals surface area contributed by atoms with Crippen molar-refractivity contribution >= 4 is 11.5 Å².